The first-order valence-electron chi connectivity index (χ1n) is 9.68. The van der Waals surface area contributed by atoms with Crippen LogP contribution in [0.1, 0.15) is 30.9 Å². The third-order valence-electron chi connectivity index (χ3n) is 4.42. The molecule has 0 aromatic heterocycles. The Morgan fingerprint density at radius 1 is 0.967 bits per heavy atom. The number of benzene rings is 2. The van der Waals surface area contributed by atoms with Crippen LogP contribution in [0.2, 0.25) is 0 Å². The van der Waals surface area contributed by atoms with Crippen molar-refractivity contribution in [2.24, 2.45) is 0 Å². The SMILES string of the molecule is COc1cc(CC(=O)O[C@H](C)C[C@H](CC(=O)O)OCc2ccccc2)cc(OC)c1. The lowest BCUT2D eigenvalue weighted by atomic mass is 10.1. The summed E-state index contributed by atoms with van der Waals surface area (Å²) in [4.78, 5) is 23.5. The number of hydrogen-bond acceptors (Lipinski definition) is 6. The summed E-state index contributed by atoms with van der Waals surface area (Å²) >= 11 is 0. The number of carboxylic acids is 1. The summed E-state index contributed by atoms with van der Waals surface area (Å²) in [6.07, 6.45) is -0.895. The third kappa shape index (κ3) is 8.13. The molecule has 0 saturated carbocycles. The minimum atomic E-state index is -0.963. The Labute approximate surface area is 176 Å². The van der Waals surface area contributed by atoms with E-state index >= 15 is 0 Å². The quantitative estimate of drug-likeness (QED) is 0.528. The Hall–Kier alpha value is -3.06. The summed E-state index contributed by atoms with van der Waals surface area (Å²) in [5.74, 6) is -0.216. The molecule has 0 aliphatic carbocycles. The van der Waals surface area contributed by atoms with Crippen molar-refractivity contribution in [3.63, 3.8) is 0 Å². The lowest BCUT2D eigenvalue weighted by molar-refractivity contribution is -0.150. The molecular weight excluding hydrogens is 388 g/mol. The molecule has 0 spiro atoms. The molecule has 7 heteroatoms. The monoisotopic (exact) mass is 416 g/mol. The van der Waals surface area contributed by atoms with E-state index in [0.717, 1.165) is 5.56 Å². The van der Waals surface area contributed by atoms with Crippen molar-refractivity contribution < 1.29 is 33.6 Å². The molecule has 0 bridgehead atoms. The van der Waals surface area contributed by atoms with E-state index in [1.54, 1.807) is 25.1 Å². The highest BCUT2D eigenvalue weighted by Crippen LogP contribution is 2.23. The van der Waals surface area contributed by atoms with Crippen molar-refractivity contribution in [2.75, 3.05) is 14.2 Å². The van der Waals surface area contributed by atoms with Crippen LogP contribution in [0.15, 0.2) is 48.5 Å². The van der Waals surface area contributed by atoms with Crippen LogP contribution in [0.3, 0.4) is 0 Å². The number of hydrogen-bond donors (Lipinski definition) is 1. The van der Waals surface area contributed by atoms with Crippen LogP contribution >= 0.6 is 0 Å². The highest BCUT2D eigenvalue weighted by atomic mass is 16.5. The number of carbonyl (C=O) groups is 2. The molecule has 0 unspecified atom stereocenters. The zero-order chi connectivity index (χ0) is 21.9. The number of methoxy groups -OCH3 is 2. The van der Waals surface area contributed by atoms with Gasteiger partial charge < -0.3 is 24.1 Å². The summed E-state index contributed by atoms with van der Waals surface area (Å²) in [6.45, 7) is 2.02. The van der Waals surface area contributed by atoms with Crippen LogP contribution in [0.25, 0.3) is 0 Å². The topological polar surface area (TPSA) is 91.3 Å². The van der Waals surface area contributed by atoms with Crippen molar-refractivity contribution >= 4 is 11.9 Å². The second kappa shape index (κ2) is 11.8. The van der Waals surface area contributed by atoms with E-state index in [4.69, 9.17) is 24.1 Å². The molecule has 1 N–H and O–H groups in total. The maximum Gasteiger partial charge on any atom is 0.310 e. The molecule has 7 nitrogen and oxygen atoms in total. The molecule has 0 heterocycles. The zero-order valence-electron chi connectivity index (χ0n) is 17.5. The van der Waals surface area contributed by atoms with Gasteiger partial charge >= 0.3 is 11.9 Å². The number of aliphatic carboxylic acids is 1. The fourth-order valence-electron chi connectivity index (χ4n) is 3.01. The molecular formula is C23H28O7. The highest BCUT2D eigenvalue weighted by Gasteiger charge is 2.20. The average molecular weight is 416 g/mol. The maximum absolute atomic E-state index is 12.3. The molecule has 0 fully saturated rings. The number of carbonyl (C=O) groups excluding carboxylic acids is 1. The van der Waals surface area contributed by atoms with Crippen LogP contribution in [0.4, 0.5) is 0 Å². The van der Waals surface area contributed by atoms with Gasteiger partial charge in [-0.1, -0.05) is 30.3 Å². The van der Waals surface area contributed by atoms with Gasteiger partial charge in [0.05, 0.1) is 39.8 Å². The minimum Gasteiger partial charge on any atom is -0.497 e. The predicted molar refractivity (Wildman–Crippen MR) is 111 cm³/mol. The van der Waals surface area contributed by atoms with Crippen LogP contribution in [-0.2, 0) is 32.1 Å². The van der Waals surface area contributed by atoms with Crippen molar-refractivity contribution in [1.29, 1.82) is 0 Å². The zero-order valence-corrected chi connectivity index (χ0v) is 17.5. The number of carboxylic acid groups (broad SMARTS) is 1. The molecule has 0 amide bonds. The van der Waals surface area contributed by atoms with E-state index in [9.17, 15) is 9.59 Å². The van der Waals surface area contributed by atoms with Crippen LogP contribution in [0, 0.1) is 0 Å². The summed E-state index contributed by atoms with van der Waals surface area (Å²) in [5, 5.41) is 9.16. The lowest BCUT2D eigenvalue weighted by Crippen LogP contribution is -2.26. The van der Waals surface area contributed by atoms with E-state index in [1.165, 1.54) is 14.2 Å². The molecule has 2 atom stereocenters. The second-order valence-electron chi connectivity index (χ2n) is 6.95. The third-order valence-corrected chi connectivity index (χ3v) is 4.42. The minimum absolute atomic E-state index is 0.0480. The molecule has 0 saturated heterocycles. The number of esters is 1. The van der Waals surface area contributed by atoms with E-state index in [2.05, 4.69) is 0 Å². The number of rotatable bonds is 12. The molecule has 2 rings (SSSR count). The second-order valence-corrected chi connectivity index (χ2v) is 6.95. The predicted octanol–water partition coefficient (Wildman–Crippen LogP) is 3.63. The van der Waals surface area contributed by atoms with Gasteiger partial charge in [-0.05, 0) is 30.2 Å². The summed E-state index contributed by atoms with van der Waals surface area (Å²) < 4.78 is 21.7. The van der Waals surface area contributed by atoms with Crippen molar-refractivity contribution in [1.82, 2.24) is 0 Å². The fraction of sp³-hybridized carbons (Fsp3) is 0.391. The van der Waals surface area contributed by atoms with Gasteiger partial charge in [0.2, 0.25) is 0 Å². The fourth-order valence-corrected chi connectivity index (χ4v) is 3.01. The summed E-state index contributed by atoms with van der Waals surface area (Å²) in [5.41, 5.74) is 1.65. The first kappa shape index (κ1) is 23.2. The molecule has 0 aliphatic rings. The number of ether oxygens (including phenoxy) is 4. The van der Waals surface area contributed by atoms with Gasteiger partial charge in [-0.25, -0.2) is 0 Å². The van der Waals surface area contributed by atoms with E-state index < -0.39 is 24.1 Å². The summed E-state index contributed by atoms with van der Waals surface area (Å²) in [7, 11) is 3.08. The van der Waals surface area contributed by atoms with E-state index in [1.807, 2.05) is 30.3 Å². The van der Waals surface area contributed by atoms with E-state index in [-0.39, 0.29) is 19.3 Å². The van der Waals surface area contributed by atoms with Crippen molar-refractivity contribution in [3.8, 4) is 11.5 Å². The molecule has 0 radical (unpaired) electrons. The Kier molecular flexibility index (Phi) is 9.15. The Morgan fingerprint density at radius 2 is 1.60 bits per heavy atom. The van der Waals surface area contributed by atoms with Crippen LogP contribution in [-0.4, -0.2) is 43.5 Å². The van der Waals surface area contributed by atoms with Gasteiger partial charge in [0, 0.05) is 12.5 Å². The van der Waals surface area contributed by atoms with Crippen LogP contribution < -0.4 is 9.47 Å². The van der Waals surface area contributed by atoms with Gasteiger partial charge in [0.15, 0.2) is 0 Å². The Bertz CT molecular complexity index is 797. The van der Waals surface area contributed by atoms with Crippen molar-refractivity contribution in [2.45, 2.75) is 45.0 Å². The van der Waals surface area contributed by atoms with Crippen molar-refractivity contribution in [3.05, 3.63) is 59.7 Å². The first-order valence-corrected chi connectivity index (χ1v) is 9.68. The highest BCUT2D eigenvalue weighted by molar-refractivity contribution is 5.73. The molecule has 2 aromatic rings. The summed E-state index contributed by atoms with van der Waals surface area (Å²) in [6, 6.07) is 14.7. The van der Waals surface area contributed by atoms with E-state index in [0.29, 0.717) is 23.7 Å². The maximum atomic E-state index is 12.3. The normalized spacial score (nSPS) is 12.6. The Balaban J connectivity index is 1.91. The van der Waals surface area contributed by atoms with Gasteiger partial charge in [-0.3, -0.25) is 9.59 Å². The van der Waals surface area contributed by atoms with Gasteiger partial charge in [-0.15, -0.1) is 0 Å². The molecule has 162 valence electrons. The largest absolute Gasteiger partial charge is 0.497 e. The average Bonchev–Trinajstić information content (AvgIpc) is 2.71. The van der Waals surface area contributed by atoms with Gasteiger partial charge in [0.1, 0.15) is 17.6 Å². The Morgan fingerprint density at radius 3 is 2.17 bits per heavy atom. The van der Waals surface area contributed by atoms with Crippen LogP contribution in [0.5, 0.6) is 11.5 Å². The standard InChI is InChI=1S/C23H28O7/c1-16(9-21(14-22(24)25)29-15-17-7-5-4-6-8-17)30-23(26)12-18-10-19(27-2)13-20(11-18)28-3/h4-8,10-11,13,16,21H,9,12,14-15H2,1-3H3,(H,24,25)/t16-,21-/m1/s1. The lowest BCUT2D eigenvalue weighted by Gasteiger charge is -2.21. The van der Waals surface area contributed by atoms with Gasteiger partial charge in [0.25, 0.3) is 0 Å². The molecule has 30 heavy (non-hydrogen) atoms. The first-order chi connectivity index (χ1) is 14.4. The van der Waals surface area contributed by atoms with Gasteiger partial charge in [-0.2, -0.15) is 0 Å². The molecule has 2 aromatic carbocycles. The smallest absolute Gasteiger partial charge is 0.310 e. The molecule has 0 aliphatic heterocycles.